The molecule has 0 aliphatic rings. The zero-order valence-electron chi connectivity index (χ0n) is 8.90. The molecule has 96 valence electrons. The van der Waals surface area contributed by atoms with Crippen LogP contribution in [0.3, 0.4) is 0 Å². The summed E-state index contributed by atoms with van der Waals surface area (Å²) in [7, 11) is 0. The maximum atomic E-state index is 12.0. The molecule has 0 saturated heterocycles. The predicted octanol–water partition coefficient (Wildman–Crippen LogP) is 4.73. The minimum Gasteiger partial charge on any atom is -0.324 e. The van der Waals surface area contributed by atoms with Gasteiger partial charge < -0.3 is 5.73 Å². The molecule has 1 atom stereocenters. The largest absolute Gasteiger partial charge is 0.389 e. The Balaban J connectivity index is 2.55. The molecule has 0 radical (unpaired) electrons. The third-order valence-corrected chi connectivity index (χ3v) is 2.90. The maximum Gasteiger partial charge on any atom is 0.389 e. The summed E-state index contributed by atoms with van der Waals surface area (Å²) in [4.78, 5) is 0. The number of alkyl halides is 3. The fourth-order valence-corrected chi connectivity index (χ4v) is 2.03. The van der Waals surface area contributed by atoms with Crippen LogP contribution in [0.25, 0.3) is 0 Å². The predicted molar refractivity (Wildman–Crippen MR) is 63.3 cm³/mol. The molecule has 0 saturated carbocycles. The number of hydrogen-bond donors (Lipinski definition) is 1. The smallest absolute Gasteiger partial charge is 0.324 e. The molecule has 2 N–H and O–H groups in total. The molecule has 0 amide bonds. The topological polar surface area (TPSA) is 26.0 Å². The zero-order valence-corrected chi connectivity index (χ0v) is 10.4. The van der Waals surface area contributed by atoms with Gasteiger partial charge in [0, 0.05) is 22.5 Å². The summed E-state index contributed by atoms with van der Waals surface area (Å²) in [6.07, 6.45) is -4.74. The van der Waals surface area contributed by atoms with E-state index in [0.29, 0.717) is 15.6 Å². The van der Waals surface area contributed by atoms with Crippen LogP contribution in [0.4, 0.5) is 13.2 Å². The lowest BCUT2D eigenvalue weighted by atomic mass is 10.0. The van der Waals surface area contributed by atoms with Crippen molar-refractivity contribution in [2.45, 2.75) is 31.5 Å². The van der Waals surface area contributed by atoms with Gasteiger partial charge in [-0.25, -0.2) is 0 Å². The number of hydrogen-bond acceptors (Lipinski definition) is 1. The van der Waals surface area contributed by atoms with E-state index in [1.54, 1.807) is 12.1 Å². The first-order valence-electron chi connectivity index (χ1n) is 5.07. The Kier molecular flexibility index (Phi) is 5.10. The Morgan fingerprint density at radius 1 is 1.24 bits per heavy atom. The molecule has 0 aromatic heterocycles. The zero-order chi connectivity index (χ0) is 13.1. The van der Waals surface area contributed by atoms with E-state index >= 15 is 0 Å². The van der Waals surface area contributed by atoms with Gasteiger partial charge in [-0.15, -0.1) is 0 Å². The third kappa shape index (κ3) is 5.15. The first kappa shape index (κ1) is 14.6. The highest BCUT2D eigenvalue weighted by Gasteiger charge is 2.26. The van der Waals surface area contributed by atoms with Crippen molar-refractivity contribution in [3.63, 3.8) is 0 Å². The van der Waals surface area contributed by atoms with Gasteiger partial charge in [-0.1, -0.05) is 29.3 Å². The second-order valence-corrected chi connectivity index (χ2v) is 4.62. The Bertz CT molecular complexity index is 379. The van der Waals surface area contributed by atoms with Crippen LogP contribution in [0.1, 0.15) is 30.9 Å². The highest BCUT2D eigenvalue weighted by atomic mass is 35.5. The molecule has 0 heterocycles. The van der Waals surface area contributed by atoms with Crippen molar-refractivity contribution in [1.82, 2.24) is 0 Å². The molecular formula is C11H12Cl2F3N. The fourth-order valence-electron chi connectivity index (χ4n) is 1.48. The van der Waals surface area contributed by atoms with E-state index in [9.17, 15) is 13.2 Å². The molecule has 0 aliphatic heterocycles. The Morgan fingerprint density at radius 3 is 2.41 bits per heavy atom. The summed E-state index contributed by atoms with van der Waals surface area (Å²) < 4.78 is 35.9. The number of rotatable bonds is 4. The van der Waals surface area contributed by atoms with Gasteiger partial charge in [-0.2, -0.15) is 13.2 Å². The molecule has 0 spiro atoms. The van der Waals surface area contributed by atoms with Crippen LogP contribution in [0.2, 0.25) is 10.0 Å². The summed E-state index contributed by atoms with van der Waals surface area (Å²) in [5, 5.41) is 0.859. The van der Waals surface area contributed by atoms with Gasteiger partial charge in [0.1, 0.15) is 0 Å². The second-order valence-electron chi connectivity index (χ2n) is 3.78. The van der Waals surface area contributed by atoms with Crippen molar-refractivity contribution in [3.8, 4) is 0 Å². The molecule has 1 aromatic rings. The minimum atomic E-state index is -4.14. The Morgan fingerprint density at radius 2 is 1.88 bits per heavy atom. The van der Waals surface area contributed by atoms with Crippen molar-refractivity contribution in [2.24, 2.45) is 5.73 Å². The van der Waals surface area contributed by atoms with Crippen LogP contribution < -0.4 is 5.73 Å². The number of nitrogens with two attached hydrogens (primary N) is 1. The van der Waals surface area contributed by atoms with E-state index in [1.165, 1.54) is 6.07 Å². The van der Waals surface area contributed by atoms with Crippen molar-refractivity contribution in [3.05, 3.63) is 33.8 Å². The summed E-state index contributed by atoms with van der Waals surface area (Å²) in [6.45, 7) is 0. The van der Waals surface area contributed by atoms with Crippen LogP contribution in [0, 0.1) is 0 Å². The standard InChI is InChI=1S/C11H12Cl2F3N/c12-7-3-4-8(9(13)6-7)10(17)2-1-5-11(14,15)16/h3-4,6,10H,1-2,5,17H2. The molecule has 1 aromatic carbocycles. The Hall–Kier alpha value is -0.450. The van der Waals surface area contributed by atoms with Gasteiger partial charge in [0.25, 0.3) is 0 Å². The monoisotopic (exact) mass is 285 g/mol. The molecule has 1 unspecified atom stereocenters. The van der Waals surface area contributed by atoms with E-state index in [0.717, 1.165) is 0 Å². The average Bonchev–Trinajstić information content (AvgIpc) is 2.15. The van der Waals surface area contributed by atoms with E-state index in [2.05, 4.69) is 0 Å². The molecule has 0 fully saturated rings. The van der Waals surface area contributed by atoms with Gasteiger partial charge in [-0.3, -0.25) is 0 Å². The van der Waals surface area contributed by atoms with E-state index in [1.807, 2.05) is 0 Å². The molecule has 6 heteroatoms. The normalized spacial score (nSPS) is 13.8. The number of benzene rings is 1. The lowest BCUT2D eigenvalue weighted by Gasteiger charge is -2.14. The van der Waals surface area contributed by atoms with Gasteiger partial charge in [-0.05, 0) is 30.5 Å². The first-order valence-corrected chi connectivity index (χ1v) is 5.82. The average molecular weight is 286 g/mol. The summed E-state index contributed by atoms with van der Waals surface area (Å²) in [5.74, 6) is 0. The molecular weight excluding hydrogens is 274 g/mol. The third-order valence-electron chi connectivity index (χ3n) is 2.34. The van der Waals surface area contributed by atoms with Gasteiger partial charge in [0.05, 0.1) is 0 Å². The maximum absolute atomic E-state index is 12.0. The minimum absolute atomic E-state index is 0.0103. The van der Waals surface area contributed by atoms with E-state index in [-0.39, 0.29) is 12.8 Å². The Labute approximate surface area is 108 Å². The number of halogens is 5. The van der Waals surface area contributed by atoms with Gasteiger partial charge in [0.15, 0.2) is 0 Å². The first-order chi connectivity index (χ1) is 7.79. The van der Waals surface area contributed by atoms with Crippen molar-refractivity contribution < 1.29 is 13.2 Å². The second kappa shape index (κ2) is 5.94. The molecule has 1 nitrogen and oxygen atoms in total. The summed E-state index contributed by atoms with van der Waals surface area (Å²) in [6, 6.07) is 4.29. The van der Waals surface area contributed by atoms with E-state index in [4.69, 9.17) is 28.9 Å². The van der Waals surface area contributed by atoms with Crippen LogP contribution in [-0.4, -0.2) is 6.18 Å². The van der Waals surface area contributed by atoms with Crippen molar-refractivity contribution >= 4 is 23.2 Å². The van der Waals surface area contributed by atoms with Crippen molar-refractivity contribution in [1.29, 1.82) is 0 Å². The quantitative estimate of drug-likeness (QED) is 0.851. The lowest BCUT2D eigenvalue weighted by molar-refractivity contribution is -0.135. The summed E-state index contributed by atoms with van der Waals surface area (Å²) >= 11 is 11.6. The molecule has 0 bridgehead atoms. The highest BCUT2D eigenvalue weighted by Crippen LogP contribution is 2.29. The van der Waals surface area contributed by atoms with E-state index < -0.39 is 18.6 Å². The van der Waals surface area contributed by atoms with Crippen molar-refractivity contribution in [2.75, 3.05) is 0 Å². The fraction of sp³-hybridized carbons (Fsp3) is 0.455. The molecule has 0 aliphatic carbocycles. The lowest BCUT2D eigenvalue weighted by Crippen LogP contribution is -2.13. The molecule has 1 rings (SSSR count). The highest BCUT2D eigenvalue weighted by molar-refractivity contribution is 6.35. The molecule has 17 heavy (non-hydrogen) atoms. The van der Waals surface area contributed by atoms with Crippen LogP contribution in [0.5, 0.6) is 0 Å². The van der Waals surface area contributed by atoms with Gasteiger partial charge >= 0.3 is 6.18 Å². The van der Waals surface area contributed by atoms with Crippen LogP contribution in [0.15, 0.2) is 18.2 Å². The van der Waals surface area contributed by atoms with Crippen LogP contribution in [-0.2, 0) is 0 Å². The van der Waals surface area contributed by atoms with Crippen LogP contribution >= 0.6 is 23.2 Å². The SMILES string of the molecule is NC(CCCC(F)(F)F)c1ccc(Cl)cc1Cl. The van der Waals surface area contributed by atoms with Gasteiger partial charge in [0.2, 0.25) is 0 Å². The summed E-state index contributed by atoms with van der Waals surface area (Å²) in [5.41, 5.74) is 6.40.